The first kappa shape index (κ1) is 14.0. The molecule has 2 nitrogen and oxygen atoms in total. The van der Waals surface area contributed by atoms with Gasteiger partial charge in [-0.3, -0.25) is 4.79 Å². The molecule has 1 amide bonds. The zero-order valence-corrected chi connectivity index (χ0v) is 10.0. The predicted molar refractivity (Wildman–Crippen MR) is 65.8 cm³/mol. The van der Waals surface area contributed by atoms with Gasteiger partial charge in [0.05, 0.1) is 11.3 Å². The van der Waals surface area contributed by atoms with E-state index in [-0.39, 0.29) is 5.56 Å². The van der Waals surface area contributed by atoms with E-state index in [2.05, 4.69) is 5.32 Å². The molecule has 0 bridgehead atoms. The SMILES string of the molecule is O=C(Nc1cc(C(F)(F)F)ccc1F)c1ccccc1. The standard InChI is InChI=1S/C14H9F4NO/c15-11-7-6-10(14(16,17)18)8-12(11)19-13(20)9-4-2-1-3-5-9/h1-8H,(H,19,20). The minimum absolute atomic E-state index is 0.226. The summed E-state index contributed by atoms with van der Waals surface area (Å²) >= 11 is 0. The number of rotatable bonds is 2. The van der Waals surface area contributed by atoms with Crippen LogP contribution in [0.4, 0.5) is 23.2 Å². The molecule has 2 aromatic rings. The van der Waals surface area contributed by atoms with Crippen molar-refractivity contribution in [3.05, 3.63) is 65.5 Å². The quantitative estimate of drug-likeness (QED) is 0.826. The van der Waals surface area contributed by atoms with E-state index in [1.165, 1.54) is 12.1 Å². The summed E-state index contributed by atoms with van der Waals surface area (Å²) in [7, 11) is 0. The Labute approximate surface area is 112 Å². The second-order valence-electron chi connectivity index (χ2n) is 4.01. The van der Waals surface area contributed by atoms with E-state index in [1.54, 1.807) is 18.2 Å². The molecule has 0 atom stereocenters. The average molecular weight is 283 g/mol. The van der Waals surface area contributed by atoms with Crippen LogP contribution in [0.2, 0.25) is 0 Å². The number of nitrogens with one attached hydrogen (secondary N) is 1. The van der Waals surface area contributed by atoms with Crippen LogP contribution in [-0.4, -0.2) is 5.91 Å². The van der Waals surface area contributed by atoms with Gasteiger partial charge in [0.1, 0.15) is 5.82 Å². The number of benzene rings is 2. The topological polar surface area (TPSA) is 29.1 Å². The molecule has 0 aliphatic rings. The van der Waals surface area contributed by atoms with Crippen molar-refractivity contribution in [2.24, 2.45) is 0 Å². The summed E-state index contributed by atoms with van der Waals surface area (Å²) in [4.78, 5) is 11.8. The number of hydrogen-bond donors (Lipinski definition) is 1. The van der Waals surface area contributed by atoms with Crippen molar-refractivity contribution in [3.63, 3.8) is 0 Å². The third-order valence-electron chi connectivity index (χ3n) is 2.58. The Bertz CT molecular complexity index is 623. The van der Waals surface area contributed by atoms with E-state index in [0.717, 1.165) is 0 Å². The largest absolute Gasteiger partial charge is 0.416 e. The van der Waals surface area contributed by atoms with Gasteiger partial charge in [0.25, 0.3) is 5.91 Å². The first-order valence-electron chi connectivity index (χ1n) is 5.61. The fourth-order valence-corrected chi connectivity index (χ4v) is 1.58. The molecule has 2 rings (SSSR count). The van der Waals surface area contributed by atoms with Gasteiger partial charge in [0, 0.05) is 5.56 Å². The lowest BCUT2D eigenvalue weighted by molar-refractivity contribution is -0.137. The fourth-order valence-electron chi connectivity index (χ4n) is 1.58. The Balaban J connectivity index is 2.27. The van der Waals surface area contributed by atoms with Gasteiger partial charge >= 0.3 is 6.18 Å². The highest BCUT2D eigenvalue weighted by Crippen LogP contribution is 2.31. The Morgan fingerprint density at radius 3 is 2.25 bits per heavy atom. The molecule has 2 aromatic carbocycles. The minimum Gasteiger partial charge on any atom is -0.319 e. The van der Waals surface area contributed by atoms with Crippen molar-refractivity contribution in [1.29, 1.82) is 0 Å². The monoisotopic (exact) mass is 283 g/mol. The summed E-state index contributed by atoms with van der Waals surface area (Å²) in [6.45, 7) is 0. The molecule has 0 aliphatic heterocycles. The third kappa shape index (κ3) is 3.14. The average Bonchev–Trinajstić information content (AvgIpc) is 2.41. The first-order chi connectivity index (χ1) is 9.38. The zero-order valence-electron chi connectivity index (χ0n) is 10.0. The summed E-state index contributed by atoms with van der Waals surface area (Å²) in [5.41, 5.74) is -1.31. The summed E-state index contributed by atoms with van der Waals surface area (Å²) in [5.74, 6) is -1.61. The van der Waals surface area contributed by atoms with Gasteiger partial charge < -0.3 is 5.32 Å². The number of carbonyl (C=O) groups is 1. The van der Waals surface area contributed by atoms with E-state index in [0.29, 0.717) is 18.2 Å². The van der Waals surface area contributed by atoms with Crippen molar-refractivity contribution in [1.82, 2.24) is 0 Å². The van der Waals surface area contributed by atoms with Gasteiger partial charge in [0.15, 0.2) is 0 Å². The van der Waals surface area contributed by atoms with Gasteiger partial charge in [-0.15, -0.1) is 0 Å². The van der Waals surface area contributed by atoms with Crippen molar-refractivity contribution in [2.75, 3.05) is 5.32 Å². The summed E-state index contributed by atoms with van der Waals surface area (Å²) in [5, 5.41) is 2.13. The lowest BCUT2D eigenvalue weighted by atomic mass is 10.1. The van der Waals surface area contributed by atoms with Crippen molar-refractivity contribution in [2.45, 2.75) is 6.18 Å². The molecule has 0 spiro atoms. The van der Waals surface area contributed by atoms with Gasteiger partial charge in [0.2, 0.25) is 0 Å². The van der Waals surface area contributed by atoms with E-state index < -0.39 is 29.2 Å². The van der Waals surface area contributed by atoms with Crippen molar-refractivity contribution < 1.29 is 22.4 Å². The molecule has 104 valence electrons. The number of hydrogen-bond acceptors (Lipinski definition) is 1. The fraction of sp³-hybridized carbons (Fsp3) is 0.0714. The summed E-state index contributed by atoms with van der Waals surface area (Å²) in [6, 6.07) is 9.67. The second-order valence-corrected chi connectivity index (χ2v) is 4.01. The van der Waals surface area contributed by atoms with Gasteiger partial charge in [-0.05, 0) is 30.3 Å². The third-order valence-corrected chi connectivity index (χ3v) is 2.58. The lowest BCUT2D eigenvalue weighted by Gasteiger charge is -2.11. The maximum absolute atomic E-state index is 13.5. The Hall–Kier alpha value is -2.37. The molecule has 0 unspecified atom stereocenters. The minimum atomic E-state index is -4.60. The van der Waals surface area contributed by atoms with Crippen molar-refractivity contribution >= 4 is 11.6 Å². The predicted octanol–water partition coefficient (Wildman–Crippen LogP) is 4.10. The molecule has 0 radical (unpaired) electrons. The molecule has 0 fully saturated rings. The van der Waals surface area contributed by atoms with Crippen LogP contribution >= 0.6 is 0 Å². The van der Waals surface area contributed by atoms with E-state index in [9.17, 15) is 22.4 Å². The molecular formula is C14H9F4NO. The van der Waals surface area contributed by atoms with Crippen LogP contribution in [0, 0.1) is 5.82 Å². The maximum atomic E-state index is 13.5. The zero-order chi connectivity index (χ0) is 14.8. The molecule has 0 saturated heterocycles. The van der Waals surface area contributed by atoms with Crippen LogP contribution < -0.4 is 5.32 Å². The summed E-state index contributed by atoms with van der Waals surface area (Å²) in [6.07, 6.45) is -4.60. The molecule has 20 heavy (non-hydrogen) atoms. The van der Waals surface area contributed by atoms with Crippen LogP contribution in [-0.2, 0) is 6.18 Å². The van der Waals surface area contributed by atoms with E-state index in [4.69, 9.17) is 0 Å². The number of carbonyl (C=O) groups excluding carboxylic acids is 1. The second kappa shape index (κ2) is 5.32. The van der Waals surface area contributed by atoms with Crippen molar-refractivity contribution in [3.8, 4) is 0 Å². The first-order valence-corrected chi connectivity index (χ1v) is 5.61. The molecule has 0 aromatic heterocycles. The Morgan fingerprint density at radius 2 is 1.65 bits per heavy atom. The van der Waals surface area contributed by atoms with Crippen LogP contribution in [0.3, 0.4) is 0 Å². The molecule has 1 N–H and O–H groups in total. The lowest BCUT2D eigenvalue weighted by Crippen LogP contribution is -2.14. The van der Waals surface area contributed by atoms with Crippen LogP contribution in [0.5, 0.6) is 0 Å². The van der Waals surface area contributed by atoms with E-state index >= 15 is 0 Å². The number of amides is 1. The molecule has 6 heteroatoms. The van der Waals surface area contributed by atoms with Gasteiger partial charge in [-0.25, -0.2) is 4.39 Å². The van der Waals surface area contributed by atoms with Gasteiger partial charge in [-0.1, -0.05) is 18.2 Å². The number of alkyl halides is 3. The molecule has 0 aliphatic carbocycles. The maximum Gasteiger partial charge on any atom is 0.416 e. The summed E-state index contributed by atoms with van der Waals surface area (Å²) < 4.78 is 51.0. The highest BCUT2D eigenvalue weighted by molar-refractivity contribution is 6.04. The Morgan fingerprint density at radius 1 is 1.00 bits per heavy atom. The molecular weight excluding hydrogens is 274 g/mol. The number of anilines is 1. The van der Waals surface area contributed by atoms with Crippen LogP contribution in [0.1, 0.15) is 15.9 Å². The van der Waals surface area contributed by atoms with Crippen LogP contribution in [0.15, 0.2) is 48.5 Å². The van der Waals surface area contributed by atoms with Gasteiger partial charge in [-0.2, -0.15) is 13.2 Å². The normalized spacial score (nSPS) is 11.2. The highest BCUT2D eigenvalue weighted by atomic mass is 19.4. The van der Waals surface area contributed by atoms with E-state index in [1.807, 2.05) is 0 Å². The molecule has 0 saturated carbocycles. The highest BCUT2D eigenvalue weighted by Gasteiger charge is 2.31. The van der Waals surface area contributed by atoms with Crippen LogP contribution in [0.25, 0.3) is 0 Å². The molecule has 0 heterocycles. The number of halogens is 4. The Kier molecular flexibility index (Phi) is 3.74. The smallest absolute Gasteiger partial charge is 0.319 e.